The summed E-state index contributed by atoms with van der Waals surface area (Å²) in [5.41, 5.74) is -0.0844. The predicted octanol–water partition coefficient (Wildman–Crippen LogP) is 2.80. The van der Waals surface area contributed by atoms with Gasteiger partial charge in [-0.2, -0.15) is 0 Å². The third-order valence-electron chi connectivity index (χ3n) is 3.86. The zero-order valence-electron chi connectivity index (χ0n) is 12.4. The summed E-state index contributed by atoms with van der Waals surface area (Å²) in [6.07, 6.45) is 0.691. The third-order valence-corrected chi connectivity index (χ3v) is 5.67. The first-order valence-electron chi connectivity index (χ1n) is 7.15. The molecule has 0 spiro atoms. The summed E-state index contributed by atoms with van der Waals surface area (Å²) in [4.78, 5) is 10.8. The Morgan fingerprint density at radius 3 is 2.62 bits per heavy atom. The highest BCUT2D eigenvalue weighted by Crippen LogP contribution is 2.34. The summed E-state index contributed by atoms with van der Waals surface area (Å²) in [6.45, 7) is 0.0650. The maximum Gasteiger partial charge on any atom is 0.335 e. The second-order valence-electron chi connectivity index (χ2n) is 5.40. The highest BCUT2D eigenvalue weighted by molar-refractivity contribution is 7.92. The van der Waals surface area contributed by atoms with Crippen molar-refractivity contribution in [3.63, 3.8) is 0 Å². The van der Waals surface area contributed by atoms with Gasteiger partial charge in [-0.15, -0.1) is 0 Å². The number of carbonyl (C=O) groups is 1. The van der Waals surface area contributed by atoms with E-state index in [0.29, 0.717) is 12.8 Å². The molecule has 1 aliphatic rings. The SMILES string of the molecule is O=C(O)c1cccc(S(=O)(=O)N2CCCc3c(F)cc(F)cc32)c1. The lowest BCUT2D eigenvalue weighted by Crippen LogP contribution is -2.36. The van der Waals surface area contributed by atoms with Gasteiger partial charge in [0.2, 0.25) is 0 Å². The smallest absolute Gasteiger partial charge is 0.335 e. The molecule has 0 unspecified atom stereocenters. The summed E-state index contributed by atoms with van der Waals surface area (Å²) in [5, 5.41) is 9.01. The van der Waals surface area contributed by atoms with E-state index in [9.17, 15) is 22.0 Å². The van der Waals surface area contributed by atoms with Crippen LogP contribution in [0.2, 0.25) is 0 Å². The summed E-state index contributed by atoms with van der Waals surface area (Å²) in [6, 6.07) is 6.57. The number of carboxylic acids is 1. The monoisotopic (exact) mass is 353 g/mol. The molecule has 8 heteroatoms. The molecule has 0 saturated heterocycles. The number of halogens is 2. The van der Waals surface area contributed by atoms with E-state index in [1.807, 2.05) is 0 Å². The largest absolute Gasteiger partial charge is 0.478 e. The number of benzene rings is 2. The van der Waals surface area contributed by atoms with E-state index in [-0.39, 0.29) is 28.3 Å². The van der Waals surface area contributed by atoms with Crippen molar-refractivity contribution in [3.8, 4) is 0 Å². The molecule has 0 amide bonds. The van der Waals surface area contributed by atoms with E-state index in [1.165, 1.54) is 18.2 Å². The lowest BCUT2D eigenvalue weighted by atomic mass is 10.0. The average molecular weight is 353 g/mol. The van der Waals surface area contributed by atoms with Gasteiger partial charge in [0.15, 0.2) is 0 Å². The second kappa shape index (κ2) is 5.86. The van der Waals surface area contributed by atoms with Gasteiger partial charge < -0.3 is 5.11 Å². The summed E-state index contributed by atoms with van der Waals surface area (Å²) < 4.78 is 54.1. The number of aromatic carboxylic acids is 1. The molecule has 126 valence electrons. The molecule has 0 aliphatic carbocycles. The number of hydrogen-bond donors (Lipinski definition) is 1. The van der Waals surface area contributed by atoms with Gasteiger partial charge in [0.25, 0.3) is 10.0 Å². The zero-order valence-corrected chi connectivity index (χ0v) is 13.2. The molecule has 1 N–H and O–H groups in total. The number of carboxylic acid groups (broad SMARTS) is 1. The first-order valence-corrected chi connectivity index (χ1v) is 8.59. The Morgan fingerprint density at radius 2 is 1.92 bits per heavy atom. The Kier molecular flexibility index (Phi) is 4.00. The number of anilines is 1. The number of hydrogen-bond acceptors (Lipinski definition) is 3. The van der Waals surface area contributed by atoms with Gasteiger partial charge in [0.05, 0.1) is 16.1 Å². The molecule has 0 saturated carbocycles. The highest BCUT2D eigenvalue weighted by Gasteiger charge is 2.31. The van der Waals surface area contributed by atoms with Crippen molar-refractivity contribution in [1.29, 1.82) is 0 Å². The molecule has 1 aliphatic heterocycles. The van der Waals surface area contributed by atoms with Crippen LogP contribution in [0.25, 0.3) is 0 Å². The molecular weight excluding hydrogens is 340 g/mol. The molecule has 0 bridgehead atoms. The third kappa shape index (κ3) is 2.73. The van der Waals surface area contributed by atoms with Crippen LogP contribution in [0.5, 0.6) is 0 Å². The van der Waals surface area contributed by atoms with E-state index < -0.39 is 27.6 Å². The van der Waals surface area contributed by atoms with Gasteiger partial charge in [-0.3, -0.25) is 4.31 Å². The van der Waals surface area contributed by atoms with Gasteiger partial charge in [-0.25, -0.2) is 22.0 Å². The van der Waals surface area contributed by atoms with Crippen molar-refractivity contribution < 1.29 is 27.1 Å². The maximum absolute atomic E-state index is 13.9. The van der Waals surface area contributed by atoms with Crippen LogP contribution in [0, 0.1) is 11.6 Å². The van der Waals surface area contributed by atoms with E-state index >= 15 is 0 Å². The number of rotatable bonds is 3. The Balaban J connectivity index is 2.13. The van der Waals surface area contributed by atoms with Crippen molar-refractivity contribution in [2.75, 3.05) is 10.8 Å². The van der Waals surface area contributed by atoms with Gasteiger partial charge in [0, 0.05) is 18.2 Å². The fraction of sp³-hybridized carbons (Fsp3) is 0.188. The quantitative estimate of drug-likeness (QED) is 0.921. The van der Waals surface area contributed by atoms with Crippen molar-refractivity contribution in [2.24, 2.45) is 0 Å². The molecule has 2 aromatic rings. The van der Waals surface area contributed by atoms with E-state index in [0.717, 1.165) is 22.5 Å². The molecule has 2 aromatic carbocycles. The second-order valence-corrected chi connectivity index (χ2v) is 7.26. The molecule has 24 heavy (non-hydrogen) atoms. The Hall–Kier alpha value is -2.48. The Labute approximate surface area is 137 Å². The van der Waals surface area contributed by atoms with E-state index in [1.54, 1.807) is 0 Å². The van der Waals surface area contributed by atoms with Gasteiger partial charge in [0.1, 0.15) is 11.6 Å². The average Bonchev–Trinajstić information content (AvgIpc) is 2.54. The van der Waals surface area contributed by atoms with Crippen LogP contribution in [-0.2, 0) is 16.4 Å². The van der Waals surface area contributed by atoms with E-state index in [4.69, 9.17) is 5.11 Å². The number of sulfonamides is 1. The van der Waals surface area contributed by atoms with Crippen LogP contribution in [-0.4, -0.2) is 26.0 Å². The fourth-order valence-corrected chi connectivity index (χ4v) is 4.32. The minimum atomic E-state index is -4.13. The lowest BCUT2D eigenvalue weighted by Gasteiger charge is -2.30. The first-order chi connectivity index (χ1) is 11.3. The van der Waals surface area contributed by atoms with Crippen molar-refractivity contribution in [3.05, 3.63) is 59.2 Å². The van der Waals surface area contributed by atoms with Crippen LogP contribution < -0.4 is 4.31 Å². The van der Waals surface area contributed by atoms with Gasteiger partial charge in [-0.1, -0.05) is 6.07 Å². The number of nitrogens with zero attached hydrogens (tertiary/aromatic N) is 1. The first kappa shape index (κ1) is 16.4. The molecule has 3 rings (SSSR count). The number of fused-ring (bicyclic) bond motifs is 1. The molecule has 0 aromatic heterocycles. The lowest BCUT2D eigenvalue weighted by molar-refractivity contribution is 0.0696. The van der Waals surface area contributed by atoms with Crippen LogP contribution in [0.1, 0.15) is 22.3 Å². The van der Waals surface area contributed by atoms with Crippen molar-refractivity contribution >= 4 is 21.7 Å². The van der Waals surface area contributed by atoms with Gasteiger partial charge >= 0.3 is 5.97 Å². The molecular formula is C16H13F2NO4S. The standard InChI is InChI=1S/C16H13F2NO4S/c17-11-8-14(18)13-5-2-6-19(15(13)9-11)24(22,23)12-4-1-3-10(7-12)16(20)21/h1,3-4,7-9H,2,5-6H2,(H,20,21). The molecule has 0 atom stereocenters. The maximum atomic E-state index is 13.9. The predicted molar refractivity (Wildman–Crippen MR) is 82.6 cm³/mol. The normalized spacial score (nSPS) is 14.3. The Bertz CT molecular complexity index is 928. The van der Waals surface area contributed by atoms with Crippen LogP contribution in [0.3, 0.4) is 0 Å². The van der Waals surface area contributed by atoms with E-state index in [2.05, 4.69) is 0 Å². The highest BCUT2D eigenvalue weighted by atomic mass is 32.2. The van der Waals surface area contributed by atoms with Crippen LogP contribution in [0.4, 0.5) is 14.5 Å². The van der Waals surface area contributed by atoms with Crippen LogP contribution >= 0.6 is 0 Å². The minimum Gasteiger partial charge on any atom is -0.478 e. The fourth-order valence-electron chi connectivity index (χ4n) is 2.75. The van der Waals surface area contributed by atoms with Crippen molar-refractivity contribution in [2.45, 2.75) is 17.7 Å². The van der Waals surface area contributed by atoms with Crippen LogP contribution in [0.15, 0.2) is 41.3 Å². The van der Waals surface area contributed by atoms with Crippen molar-refractivity contribution in [1.82, 2.24) is 0 Å². The summed E-state index contributed by atoms with van der Waals surface area (Å²) >= 11 is 0. The Morgan fingerprint density at radius 1 is 1.17 bits per heavy atom. The zero-order chi connectivity index (χ0) is 17.5. The molecule has 0 fully saturated rings. The summed E-state index contributed by atoms with van der Waals surface area (Å²) in [5.74, 6) is -2.92. The summed E-state index contributed by atoms with van der Waals surface area (Å²) in [7, 11) is -4.13. The van der Waals surface area contributed by atoms with Gasteiger partial charge in [-0.05, 0) is 37.1 Å². The molecule has 5 nitrogen and oxygen atoms in total. The molecule has 0 radical (unpaired) electrons. The minimum absolute atomic E-state index is 0.0421. The topological polar surface area (TPSA) is 74.7 Å². The molecule has 1 heterocycles.